The van der Waals surface area contributed by atoms with E-state index in [1.807, 2.05) is 104 Å². The number of aryl methyl sites for hydroxylation is 2. The highest BCUT2D eigenvalue weighted by atomic mass is 16.2. The number of amides is 2. The van der Waals surface area contributed by atoms with Crippen molar-refractivity contribution < 1.29 is 9.59 Å². The van der Waals surface area contributed by atoms with Crippen LogP contribution in [0.3, 0.4) is 0 Å². The van der Waals surface area contributed by atoms with E-state index in [4.69, 9.17) is 4.98 Å². The SMILES string of the molecule is CCN(CC(=O)Nc1nc(-c2ccccc2)cn1-c1cccc(C)c1)C(=O)c1ccccc1C. The van der Waals surface area contributed by atoms with Crippen LogP contribution < -0.4 is 5.32 Å². The van der Waals surface area contributed by atoms with E-state index in [0.717, 1.165) is 28.1 Å². The molecule has 4 aromatic rings. The van der Waals surface area contributed by atoms with E-state index < -0.39 is 0 Å². The molecular formula is C28H28N4O2. The molecule has 0 bridgehead atoms. The van der Waals surface area contributed by atoms with E-state index in [0.29, 0.717) is 18.1 Å². The number of likely N-dealkylation sites (N-methyl/N-ethyl adjacent to an activating group) is 1. The number of carbonyl (C=O) groups is 2. The Morgan fingerprint density at radius 2 is 1.68 bits per heavy atom. The van der Waals surface area contributed by atoms with Crippen molar-refractivity contribution in [1.82, 2.24) is 14.5 Å². The molecule has 0 atom stereocenters. The second kappa shape index (κ2) is 10.2. The lowest BCUT2D eigenvalue weighted by molar-refractivity contribution is -0.116. The van der Waals surface area contributed by atoms with E-state index in [2.05, 4.69) is 5.32 Å². The Labute approximate surface area is 199 Å². The Morgan fingerprint density at radius 3 is 2.38 bits per heavy atom. The molecule has 1 N–H and O–H groups in total. The van der Waals surface area contributed by atoms with Crippen molar-refractivity contribution >= 4 is 17.8 Å². The van der Waals surface area contributed by atoms with Gasteiger partial charge in [0.05, 0.1) is 5.69 Å². The zero-order valence-electron chi connectivity index (χ0n) is 19.7. The molecule has 0 aliphatic carbocycles. The van der Waals surface area contributed by atoms with E-state index in [9.17, 15) is 9.59 Å². The number of aromatic nitrogens is 2. The van der Waals surface area contributed by atoms with Crippen LogP contribution in [0.4, 0.5) is 5.95 Å². The standard InChI is InChI=1S/C28H28N4O2/c1-4-31(27(34)24-16-9-8-12-21(24)3)19-26(33)30-28-29-25(22-13-6-5-7-14-22)18-32(28)23-15-10-11-20(2)17-23/h5-18H,4,19H2,1-3H3,(H,29,30,33). The summed E-state index contributed by atoms with van der Waals surface area (Å²) in [6.07, 6.45) is 1.91. The quantitative estimate of drug-likeness (QED) is 0.416. The van der Waals surface area contributed by atoms with Gasteiger partial charge >= 0.3 is 0 Å². The highest BCUT2D eigenvalue weighted by molar-refractivity contribution is 5.99. The number of anilines is 1. The Hall–Kier alpha value is -4.19. The summed E-state index contributed by atoms with van der Waals surface area (Å²) in [5.74, 6) is -0.0560. The van der Waals surface area contributed by atoms with Crippen molar-refractivity contribution in [2.24, 2.45) is 0 Å². The first kappa shape index (κ1) is 23.0. The summed E-state index contributed by atoms with van der Waals surface area (Å²) in [4.78, 5) is 32.3. The first-order chi connectivity index (χ1) is 16.5. The molecule has 0 aliphatic rings. The topological polar surface area (TPSA) is 67.2 Å². The minimum absolute atomic E-state index is 0.0645. The normalized spacial score (nSPS) is 10.7. The fourth-order valence-corrected chi connectivity index (χ4v) is 3.84. The molecule has 6 heteroatoms. The van der Waals surface area contributed by atoms with Crippen LogP contribution in [0, 0.1) is 13.8 Å². The third-order valence-corrected chi connectivity index (χ3v) is 5.69. The maximum absolute atomic E-state index is 13.0. The largest absolute Gasteiger partial charge is 0.330 e. The summed E-state index contributed by atoms with van der Waals surface area (Å²) < 4.78 is 1.87. The van der Waals surface area contributed by atoms with Crippen LogP contribution in [-0.2, 0) is 4.79 Å². The third-order valence-electron chi connectivity index (χ3n) is 5.69. The number of carbonyl (C=O) groups excluding carboxylic acids is 2. The molecule has 0 radical (unpaired) electrons. The van der Waals surface area contributed by atoms with Gasteiger partial charge in [-0.05, 0) is 50.1 Å². The van der Waals surface area contributed by atoms with E-state index in [1.165, 1.54) is 4.90 Å². The van der Waals surface area contributed by atoms with Gasteiger partial charge in [-0.2, -0.15) is 0 Å². The van der Waals surface area contributed by atoms with Gasteiger partial charge in [0, 0.05) is 29.6 Å². The maximum Gasteiger partial charge on any atom is 0.254 e. The highest BCUT2D eigenvalue weighted by Gasteiger charge is 2.20. The fourth-order valence-electron chi connectivity index (χ4n) is 3.84. The number of hydrogen-bond acceptors (Lipinski definition) is 3. The molecule has 6 nitrogen and oxygen atoms in total. The van der Waals surface area contributed by atoms with Crippen LogP contribution in [0.5, 0.6) is 0 Å². The molecule has 0 saturated carbocycles. The van der Waals surface area contributed by atoms with Gasteiger partial charge in [-0.25, -0.2) is 4.98 Å². The Morgan fingerprint density at radius 1 is 0.941 bits per heavy atom. The summed E-state index contributed by atoms with van der Waals surface area (Å²) in [7, 11) is 0. The molecule has 0 saturated heterocycles. The fraction of sp³-hybridized carbons (Fsp3) is 0.179. The summed E-state index contributed by atoms with van der Waals surface area (Å²) in [5.41, 5.74) is 5.19. The van der Waals surface area contributed by atoms with Gasteiger partial charge in [-0.3, -0.25) is 19.5 Å². The van der Waals surface area contributed by atoms with Gasteiger partial charge in [0.1, 0.15) is 6.54 Å². The van der Waals surface area contributed by atoms with Gasteiger partial charge in [0.15, 0.2) is 0 Å². The smallest absolute Gasteiger partial charge is 0.254 e. The van der Waals surface area contributed by atoms with Crippen LogP contribution in [0.25, 0.3) is 16.9 Å². The van der Waals surface area contributed by atoms with Crippen LogP contribution in [0.1, 0.15) is 28.4 Å². The lowest BCUT2D eigenvalue weighted by atomic mass is 10.1. The molecule has 2 amide bonds. The molecule has 172 valence electrons. The highest BCUT2D eigenvalue weighted by Crippen LogP contribution is 2.24. The second-order valence-corrected chi connectivity index (χ2v) is 8.21. The number of rotatable bonds is 7. The average Bonchev–Trinajstić information content (AvgIpc) is 3.26. The van der Waals surface area contributed by atoms with Crippen LogP contribution >= 0.6 is 0 Å². The van der Waals surface area contributed by atoms with Crippen molar-refractivity contribution in [2.45, 2.75) is 20.8 Å². The predicted octanol–water partition coefficient (Wildman–Crippen LogP) is 5.26. The number of benzene rings is 3. The summed E-state index contributed by atoms with van der Waals surface area (Å²) in [5, 5.41) is 2.92. The van der Waals surface area contributed by atoms with Gasteiger partial charge in [-0.15, -0.1) is 0 Å². The van der Waals surface area contributed by atoms with Gasteiger partial charge < -0.3 is 4.90 Å². The monoisotopic (exact) mass is 452 g/mol. The predicted molar refractivity (Wildman–Crippen MR) is 135 cm³/mol. The first-order valence-corrected chi connectivity index (χ1v) is 11.3. The molecule has 3 aromatic carbocycles. The van der Waals surface area contributed by atoms with Gasteiger partial charge in [0.2, 0.25) is 11.9 Å². The van der Waals surface area contributed by atoms with Crippen LogP contribution in [-0.4, -0.2) is 39.4 Å². The molecule has 1 heterocycles. The van der Waals surface area contributed by atoms with E-state index >= 15 is 0 Å². The number of nitrogens with one attached hydrogen (secondary N) is 1. The zero-order valence-corrected chi connectivity index (χ0v) is 19.7. The minimum atomic E-state index is -0.303. The number of imidazole rings is 1. The summed E-state index contributed by atoms with van der Waals surface area (Å²) in [6.45, 7) is 6.13. The third kappa shape index (κ3) is 5.07. The lowest BCUT2D eigenvalue weighted by Gasteiger charge is -2.21. The van der Waals surface area contributed by atoms with E-state index in [1.54, 1.807) is 6.07 Å². The molecule has 0 fully saturated rings. The molecule has 0 spiro atoms. The molecule has 0 unspecified atom stereocenters. The first-order valence-electron chi connectivity index (χ1n) is 11.3. The average molecular weight is 453 g/mol. The van der Waals surface area contributed by atoms with E-state index in [-0.39, 0.29) is 18.4 Å². The molecule has 34 heavy (non-hydrogen) atoms. The van der Waals surface area contributed by atoms with Crippen molar-refractivity contribution in [3.8, 4) is 16.9 Å². The molecular weight excluding hydrogens is 424 g/mol. The molecule has 0 aliphatic heterocycles. The number of hydrogen-bond donors (Lipinski definition) is 1. The minimum Gasteiger partial charge on any atom is -0.330 e. The van der Waals surface area contributed by atoms with Crippen LogP contribution in [0.2, 0.25) is 0 Å². The zero-order chi connectivity index (χ0) is 24.1. The maximum atomic E-state index is 13.0. The van der Waals surface area contributed by atoms with Crippen LogP contribution in [0.15, 0.2) is 85.1 Å². The Balaban J connectivity index is 1.60. The summed E-state index contributed by atoms with van der Waals surface area (Å²) in [6, 6.07) is 25.2. The van der Waals surface area contributed by atoms with Crippen molar-refractivity contribution in [2.75, 3.05) is 18.4 Å². The number of nitrogens with zero attached hydrogens (tertiary/aromatic N) is 3. The molecule has 1 aromatic heterocycles. The summed E-state index contributed by atoms with van der Waals surface area (Å²) >= 11 is 0. The molecule has 4 rings (SSSR count). The van der Waals surface area contributed by atoms with Gasteiger partial charge in [-0.1, -0.05) is 60.7 Å². The Kier molecular flexibility index (Phi) is 6.87. The second-order valence-electron chi connectivity index (χ2n) is 8.21. The van der Waals surface area contributed by atoms with Gasteiger partial charge in [0.25, 0.3) is 5.91 Å². The van der Waals surface area contributed by atoms with Crippen molar-refractivity contribution in [3.63, 3.8) is 0 Å². The van der Waals surface area contributed by atoms with Crippen molar-refractivity contribution in [1.29, 1.82) is 0 Å². The Bertz CT molecular complexity index is 1310. The lowest BCUT2D eigenvalue weighted by Crippen LogP contribution is -2.38. The van der Waals surface area contributed by atoms with Crippen molar-refractivity contribution in [3.05, 3.63) is 102 Å².